The first kappa shape index (κ1) is 21.2. The number of nitrogens with zero attached hydrogens (tertiary/aromatic N) is 2. The minimum Gasteiger partial charge on any atom is -0.377 e. The molecule has 0 fully saturated rings. The molecule has 0 spiro atoms. The van der Waals surface area contributed by atoms with E-state index in [1.165, 1.54) is 38.4 Å². The van der Waals surface area contributed by atoms with Gasteiger partial charge >= 0.3 is 0 Å². The van der Waals surface area contributed by atoms with Crippen LogP contribution in [0.3, 0.4) is 0 Å². The molecule has 0 bridgehead atoms. The van der Waals surface area contributed by atoms with E-state index in [1.807, 2.05) is 0 Å². The smallest absolute Gasteiger partial charge is 0.0462 e. The van der Waals surface area contributed by atoms with Crippen molar-refractivity contribution in [2.24, 2.45) is 0 Å². The Balaban J connectivity index is 2.02. The van der Waals surface area contributed by atoms with Gasteiger partial charge in [-0.25, -0.2) is 0 Å². The molecule has 0 aliphatic heterocycles. The molecule has 0 N–H and O–H groups in total. The van der Waals surface area contributed by atoms with Crippen LogP contribution in [0.25, 0.3) is 11.1 Å². The van der Waals surface area contributed by atoms with Crippen molar-refractivity contribution < 1.29 is 0 Å². The Morgan fingerprint density at radius 3 is 1.42 bits per heavy atom. The lowest BCUT2D eigenvalue weighted by Crippen LogP contribution is -2.23. The first-order valence-corrected chi connectivity index (χ1v) is 11.9. The van der Waals surface area contributed by atoms with Crippen molar-refractivity contribution in [2.75, 3.05) is 38.0 Å². The summed E-state index contributed by atoms with van der Waals surface area (Å²) in [6.45, 7) is 0. The quantitative estimate of drug-likeness (QED) is 0.391. The summed E-state index contributed by atoms with van der Waals surface area (Å²) in [6.07, 6.45) is 0. The van der Waals surface area contributed by atoms with Gasteiger partial charge in [0.25, 0.3) is 0 Å². The highest BCUT2D eigenvalue weighted by Gasteiger charge is 2.23. The first-order chi connectivity index (χ1) is 15.1. The van der Waals surface area contributed by atoms with Crippen molar-refractivity contribution in [3.8, 4) is 11.1 Å². The van der Waals surface area contributed by atoms with Crippen LogP contribution in [0.2, 0.25) is 0 Å². The van der Waals surface area contributed by atoms with Crippen LogP contribution in [0.15, 0.2) is 103 Å². The van der Waals surface area contributed by atoms with E-state index >= 15 is 0 Å². The van der Waals surface area contributed by atoms with Crippen molar-refractivity contribution in [1.82, 2.24) is 0 Å². The molecule has 0 atom stereocenters. The van der Waals surface area contributed by atoms with E-state index in [0.29, 0.717) is 0 Å². The molecular weight excluding hydrogens is 395 g/mol. The van der Waals surface area contributed by atoms with Crippen LogP contribution < -0.4 is 25.7 Å². The molecule has 31 heavy (non-hydrogen) atoms. The van der Waals surface area contributed by atoms with Gasteiger partial charge in [-0.2, -0.15) is 0 Å². The second-order valence-corrected chi connectivity index (χ2v) is 10.2. The molecule has 156 valence electrons. The molecule has 0 aliphatic carbocycles. The molecule has 3 heteroatoms. The Bertz CT molecular complexity index is 1070. The van der Waals surface area contributed by atoms with Crippen LogP contribution in [0.1, 0.15) is 0 Å². The third-order valence-electron chi connectivity index (χ3n) is 5.43. The van der Waals surface area contributed by atoms with Crippen molar-refractivity contribution >= 4 is 35.2 Å². The molecular formula is C28H29N2P. The van der Waals surface area contributed by atoms with Crippen LogP contribution in [-0.2, 0) is 0 Å². The van der Waals surface area contributed by atoms with E-state index in [0.717, 1.165) is 0 Å². The minimum absolute atomic E-state index is 0.691. The van der Waals surface area contributed by atoms with Gasteiger partial charge in [-0.05, 0) is 41.5 Å². The maximum absolute atomic E-state index is 2.31. The summed E-state index contributed by atoms with van der Waals surface area (Å²) in [7, 11) is 7.80. The lowest BCUT2D eigenvalue weighted by atomic mass is 10.00. The Kier molecular flexibility index (Phi) is 6.39. The Morgan fingerprint density at radius 1 is 0.484 bits per heavy atom. The van der Waals surface area contributed by atoms with Gasteiger partial charge in [0.1, 0.15) is 0 Å². The molecule has 0 saturated heterocycles. The van der Waals surface area contributed by atoms with E-state index in [2.05, 4.69) is 141 Å². The second kappa shape index (κ2) is 9.37. The largest absolute Gasteiger partial charge is 0.377 e. The third kappa shape index (κ3) is 4.36. The highest BCUT2D eigenvalue weighted by molar-refractivity contribution is 7.80. The minimum atomic E-state index is -0.691. The summed E-state index contributed by atoms with van der Waals surface area (Å²) in [6, 6.07) is 37.3. The number of hydrogen-bond acceptors (Lipinski definition) is 2. The number of anilines is 2. The van der Waals surface area contributed by atoms with Crippen LogP contribution >= 0.6 is 7.92 Å². The summed E-state index contributed by atoms with van der Waals surface area (Å²) < 4.78 is 0. The summed E-state index contributed by atoms with van der Waals surface area (Å²) in [5.41, 5.74) is 5.05. The lowest BCUT2D eigenvalue weighted by molar-refractivity contribution is 1.10. The predicted octanol–water partition coefficient (Wildman–Crippen LogP) is 5.24. The van der Waals surface area contributed by atoms with Crippen LogP contribution in [-0.4, -0.2) is 28.2 Å². The first-order valence-electron chi connectivity index (χ1n) is 10.5. The highest BCUT2D eigenvalue weighted by atomic mass is 31.1. The third-order valence-corrected chi connectivity index (χ3v) is 7.93. The monoisotopic (exact) mass is 424 g/mol. The average molecular weight is 425 g/mol. The Labute approximate surface area is 187 Å². The van der Waals surface area contributed by atoms with E-state index in [9.17, 15) is 0 Å². The van der Waals surface area contributed by atoms with Crippen molar-refractivity contribution in [2.45, 2.75) is 0 Å². The predicted molar refractivity (Wildman–Crippen MR) is 139 cm³/mol. The zero-order valence-electron chi connectivity index (χ0n) is 18.7. The van der Waals surface area contributed by atoms with E-state index < -0.39 is 7.92 Å². The fourth-order valence-electron chi connectivity index (χ4n) is 4.01. The molecule has 0 heterocycles. The van der Waals surface area contributed by atoms with Crippen molar-refractivity contribution in [3.05, 3.63) is 103 Å². The molecule has 4 aromatic carbocycles. The topological polar surface area (TPSA) is 6.48 Å². The van der Waals surface area contributed by atoms with Gasteiger partial charge in [-0.3, -0.25) is 0 Å². The summed E-state index contributed by atoms with van der Waals surface area (Å²) >= 11 is 0. The van der Waals surface area contributed by atoms with Crippen molar-refractivity contribution in [1.29, 1.82) is 0 Å². The summed E-state index contributed by atoms with van der Waals surface area (Å²) in [5.74, 6) is 0. The standard InChI is InChI=1S/C28H29N2P/c1-29(2)25-19-13-20-26(30(3)4)28(25)24-18-11-12-21-27(24)31(22-14-7-5-8-15-22)23-16-9-6-10-17-23/h5-21H,1-4H3. The SMILES string of the molecule is CN(C)c1cccc(N(C)C)c1-c1ccccc1P(c1ccccc1)c1ccccc1. The zero-order valence-corrected chi connectivity index (χ0v) is 19.6. The Morgan fingerprint density at radius 2 is 0.935 bits per heavy atom. The molecule has 0 amide bonds. The molecule has 4 rings (SSSR count). The Hall–Kier alpha value is -3.09. The fourth-order valence-corrected chi connectivity index (χ4v) is 6.47. The lowest BCUT2D eigenvalue weighted by Gasteiger charge is -2.28. The van der Waals surface area contributed by atoms with Crippen LogP contribution in [0, 0.1) is 0 Å². The van der Waals surface area contributed by atoms with Gasteiger partial charge < -0.3 is 9.80 Å². The maximum atomic E-state index is 2.31. The molecule has 0 saturated carbocycles. The molecule has 2 nitrogen and oxygen atoms in total. The van der Waals surface area contributed by atoms with Crippen LogP contribution in [0.4, 0.5) is 11.4 Å². The number of benzene rings is 4. The molecule has 4 aromatic rings. The van der Waals surface area contributed by atoms with Gasteiger partial charge in [0.2, 0.25) is 0 Å². The highest BCUT2D eigenvalue weighted by Crippen LogP contribution is 2.42. The molecule has 0 unspecified atom stereocenters. The molecule has 0 aromatic heterocycles. The fraction of sp³-hybridized carbons (Fsp3) is 0.143. The maximum Gasteiger partial charge on any atom is 0.0462 e. The average Bonchev–Trinajstić information content (AvgIpc) is 2.80. The van der Waals surface area contributed by atoms with E-state index in [-0.39, 0.29) is 0 Å². The van der Waals surface area contributed by atoms with E-state index in [1.54, 1.807) is 0 Å². The number of hydrogen-bond donors (Lipinski definition) is 0. The summed E-state index contributed by atoms with van der Waals surface area (Å²) in [4.78, 5) is 4.43. The van der Waals surface area contributed by atoms with Crippen LogP contribution in [0.5, 0.6) is 0 Å². The number of rotatable bonds is 6. The molecule has 0 radical (unpaired) electrons. The van der Waals surface area contributed by atoms with Gasteiger partial charge in [0.15, 0.2) is 0 Å². The van der Waals surface area contributed by atoms with Gasteiger partial charge in [0.05, 0.1) is 0 Å². The summed E-state index contributed by atoms with van der Waals surface area (Å²) in [5, 5.41) is 4.11. The van der Waals surface area contributed by atoms with Gasteiger partial charge in [0, 0.05) is 45.1 Å². The van der Waals surface area contributed by atoms with Crippen molar-refractivity contribution in [3.63, 3.8) is 0 Å². The van der Waals surface area contributed by atoms with Gasteiger partial charge in [-0.1, -0.05) is 91.0 Å². The molecule has 0 aliphatic rings. The van der Waals surface area contributed by atoms with Gasteiger partial charge in [-0.15, -0.1) is 0 Å². The zero-order chi connectivity index (χ0) is 21.8. The van der Waals surface area contributed by atoms with E-state index in [4.69, 9.17) is 0 Å². The second-order valence-electron chi connectivity index (χ2n) is 7.98. The normalized spacial score (nSPS) is 10.9.